The number of alkyl halides is 3. The molecule has 0 unspecified atom stereocenters. The number of halogens is 3. The van der Waals surface area contributed by atoms with Gasteiger partial charge >= 0.3 is 6.18 Å². The van der Waals surface area contributed by atoms with Gasteiger partial charge in [0.2, 0.25) is 11.8 Å². The average Bonchev–Trinajstić information content (AvgIpc) is 2.82. The van der Waals surface area contributed by atoms with Crippen LogP contribution in [0.15, 0.2) is 48.5 Å². The molecule has 9 heteroatoms. The second-order valence-corrected chi connectivity index (χ2v) is 11.0. The minimum Gasteiger partial charge on any atom is -0.372 e. The third kappa shape index (κ3) is 6.51. The smallest absolute Gasteiger partial charge is 0.372 e. The molecule has 37 heavy (non-hydrogen) atoms. The maximum Gasteiger partial charge on any atom is 0.416 e. The molecule has 202 valence electrons. The monoisotopic (exact) mass is 519 g/mol. The maximum atomic E-state index is 13.4. The molecule has 1 saturated heterocycles. The number of carbonyl (C=O) groups is 2. The molecule has 2 amide bonds. The Labute approximate surface area is 216 Å². The molecule has 3 rings (SSSR count). The van der Waals surface area contributed by atoms with Crippen LogP contribution in [-0.4, -0.2) is 30.5 Å². The van der Waals surface area contributed by atoms with Crippen LogP contribution >= 0.6 is 0 Å². The SMILES string of the molecule is Cc1cc([C@@H](C)OC[C@@]2(c3ccccc3)CC[C@@](NC(=O)C(C)(C)C)(C(N)=O)CN2)cc(C(F)(F)F)c1. The molecule has 1 aliphatic rings. The summed E-state index contributed by atoms with van der Waals surface area (Å²) in [6, 6.07) is 13.4. The highest BCUT2D eigenvalue weighted by atomic mass is 19.4. The number of nitrogens with one attached hydrogen (secondary N) is 2. The fourth-order valence-corrected chi connectivity index (χ4v) is 4.49. The minimum atomic E-state index is -4.45. The van der Waals surface area contributed by atoms with E-state index in [-0.39, 0.29) is 25.5 Å². The van der Waals surface area contributed by atoms with Crippen LogP contribution in [-0.2, 0) is 26.0 Å². The van der Waals surface area contributed by atoms with Crippen molar-refractivity contribution in [2.45, 2.75) is 70.8 Å². The summed E-state index contributed by atoms with van der Waals surface area (Å²) in [5, 5.41) is 6.27. The molecule has 4 N–H and O–H groups in total. The van der Waals surface area contributed by atoms with E-state index in [0.717, 1.165) is 17.7 Å². The van der Waals surface area contributed by atoms with E-state index in [0.29, 0.717) is 17.5 Å². The van der Waals surface area contributed by atoms with Gasteiger partial charge in [0.05, 0.1) is 23.8 Å². The predicted octanol–water partition coefficient (Wildman–Crippen LogP) is 4.76. The molecule has 0 saturated carbocycles. The number of carbonyl (C=O) groups excluding carboxylic acids is 2. The Morgan fingerprint density at radius 1 is 1.11 bits per heavy atom. The molecule has 1 aliphatic heterocycles. The number of amides is 2. The molecule has 0 aliphatic carbocycles. The first-order chi connectivity index (χ1) is 17.1. The van der Waals surface area contributed by atoms with E-state index in [4.69, 9.17) is 10.5 Å². The summed E-state index contributed by atoms with van der Waals surface area (Å²) in [7, 11) is 0. The molecule has 6 nitrogen and oxygen atoms in total. The second-order valence-electron chi connectivity index (χ2n) is 11.0. The van der Waals surface area contributed by atoms with Gasteiger partial charge in [-0.2, -0.15) is 13.2 Å². The summed E-state index contributed by atoms with van der Waals surface area (Å²) in [4.78, 5) is 25.2. The van der Waals surface area contributed by atoms with Crippen molar-refractivity contribution in [2.24, 2.45) is 11.1 Å². The summed E-state index contributed by atoms with van der Waals surface area (Å²) < 4.78 is 46.2. The van der Waals surface area contributed by atoms with Crippen molar-refractivity contribution >= 4 is 11.8 Å². The molecule has 1 fully saturated rings. The normalized spacial score (nSPS) is 23.4. The van der Waals surface area contributed by atoms with Crippen LogP contribution in [0.2, 0.25) is 0 Å². The van der Waals surface area contributed by atoms with Gasteiger partial charge in [-0.05, 0) is 49.9 Å². The van der Waals surface area contributed by atoms with Gasteiger partial charge in [0.25, 0.3) is 0 Å². The van der Waals surface area contributed by atoms with Crippen molar-refractivity contribution in [3.05, 3.63) is 70.8 Å². The summed E-state index contributed by atoms with van der Waals surface area (Å²) >= 11 is 0. The third-order valence-corrected chi connectivity index (χ3v) is 7.02. The quantitative estimate of drug-likeness (QED) is 0.492. The van der Waals surface area contributed by atoms with E-state index in [1.807, 2.05) is 30.3 Å². The molecule has 0 radical (unpaired) electrons. The second kappa shape index (κ2) is 10.5. The lowest BCUT2D eigenvalue weighted by molar-refractivity contribution is -0.138. The van der Waals surface area contributed by atoms with Crippen LogP contribution in [0.3, 0.4) is 0 Å². The number of hydrogen-bond donors (Lipinski definition) is 3. The van der Waals surface area contributed by atoms with Gasteiger partial charge in [-0.15, -0.1) is 0 Å². The Morgan fingerprint density at radius 3 is 2.27 bits per heavy atom. The van der Waals surface area contributed by atoms with Crippen LogP contribution in [0.4, 0.5) is 13.2 Å². The van der Waals surface area contributed by atoms with Crippen LogP contribution in [0.25, 0.3) is 0 Å². The van der Waals surface area contributed by atoms with Gasteiger partial charge < -0.3 is 21.1 Å². The van der Waals surface area contributed by atoms with E-state index in [1.165, 1.54) is 0 Å². The van der Waals surface area contributed by atoms with Gasteiger partial charge in [-0.3, -0.25) is 9.59 Å². The Morgan fingerprint density at radius 2 is 1.76 bits per heavy atom. The van der Waals surface area contributed by atoms with E-state index >= 15 is 0 Å². The minimum absolute atomic E-state index is 0.0828. The van der Waals surface area contributed by atoms with E-state index in [1.54, 1.807) is 40.7 Å². The van der Waals surface area contributed by atoms with E-state index < -0.39 is 40.2 Å². The Balaban J connectivity index is 1.86. The lowest BCUT2D eigenvalue weighted by Crippen LogP contribution is -2.70. The molecule has 3 atom stereocenters. The summed E-state index contributed by atoms with van der Waals surface area (Å²) in [5.74, 6) is -0.918. The molecule has 0 aromatic heterocycles. The number of rotatable bonds is 7. The average molecular weight is 520 g/mol. The Hall–Kier alpha value is -2.91. The van der Waals surface area contributed by atoms with Crippen molar-refractivity contribution in [1.29, 1.82) is 0 Å². The Kier molecular flexibility index (Phi) is 8.10. The number of ether oxygens (including phenoxy) is 1. The zero-order valence-corrected chi connectivity index (χ0v) is 22.0. The van der Waals surface area contributed by atoms with Crippen molar-refractivity contribution < 1.29 is 27.5 Å². The van der Waals surface area contributed by atoms with Gasteiger partial charge in [0, 0.05) is 12.0 Å². The highest BCUT2D eigenvalue weighted by Crippen LogP contribution is 2.37. The highest BCUT2D eigenvalue weighted by molar-refractivity contribution is 5.92. The standard InChI is InChI=1S/C28H36F3N3O3/c1-18-13-20(15-22(14-18)28(29,30)31)19(2)37-17-27(21-9-7-6-8-10-21)12-11-26(16-33-27,23(32)35)34-24(36)25(3,4)5/h6-10,13-15,19,33H,11-12,16-17H2,1-5H3,(H2,32,35)(H,34,36)/t19-,26+,27-/m1/s1. The highest BCUT2D eigenvalue weighted by Gasteiger charge is 2.49. The fraction of sp³-hybridized carbons (Fsp3) is 0.500. The molecule has 1 heterocycles. The largest absolute Gasteiger partial charge is 0.416 e. The van der Waals surface area contributed by atoms with Crippen molar-refractivity contribution in [3.8, 4) is 0 Å². The molecular formula is C28H36F3N3O3. The maximum absolute atomic E-state index is 13.4. The zero-order valence-electron chi connectivity index (χ0n) is 22.0. The van der Waals surface area contributed by atoms with E-state index in [2.05, 4.69) is 10.6 Å². The molecule has 0 bridgehead atoms. The number of nitrogens with two attached hydrogens (primary N) is 1. The van der Waals surface area contributed by atoms with Crippen molar-refractivity contribution in [2.75, 3.05) is 13.2 Å². The van der Waals surface area contributed by atoms with Crippen LogP contribution in [0.1, 0.15) is 68.9 Å². The van der Waals surface area contributed by atoms with Gasteiger partial charge in [-0.25, -0.2) is 0 Å². The molecular weight excluding hydrogens is 483 g/mol. The summed E-state index contributed by atoms with van der Waals surface area (Å²) in [6.07, 6.45) is -4.40. The fourth-order valence-electron chi connectivity index (χ4n) is 4.49. The number of primary amides is 1. The van der Waals surface area contributed by atoms with Crippen LogP contribution in [0.5, 0.6) is 0 Å². The molecule has 0 spiro atoms. The van der Waals surface area contributed by atoms with Crippen LogP contribution in [0, 0.1) is 12.3 Å². The first-order valence-electron chi connectivity index (χ1n) is 12.3. The zero-order chi connectivity index (χ0) is 27.6. The molecule has 2 aromatic carbocycles. The summed E-state index contributed by atoms with van der Waals surface area (Å²) in [6.45, 7) is 8.82. The third-order valence-electron chi connectivity index (χ3n) is 7.02. The van der Waals surface area contributed by atoms with Crippen molar-refractivity contribution in [3.63, 3.8) is 0 Å². The first-order valence-corrected chi connectivity index (χ1v) is 12.3. The van der Waals surface area contributed by atoms with Crippen molar-refractivity contribution in [1.82, 2.24) is 10.6 Å². The molecule has 2 aromatic rings. The number of hydrogen-bond acceptors (Lipinski definition) is 4. The van der Waals surface area contributed by atoms with Crippen LogP contribution < -0.4 is 16.4 Å². The van der Waals surface area contributed by atoms with Gasteiger partial charge in [0.1, 0.15) is 5.54 Å². The summed E-state index contributed by atoms with van der Waals surface area (Å²) in [5.41, 5.74) is 4.16. The lowest BCUT2D eigenvalue weighted by Gasteiger charge is -2.47. The van der Waals surface area contributed by atoms with E-state index in [9.17, 15) is 22.8 Å². The lowest BCUT2D eigenvalue weighted by atomic mass is 9.75. The first kappa shape index (κ1) is 28.7. The number of piperidine rings is 1. The number of aryl methyl sites for hydroxylation is 1. The topological polar surface area (TPSA) is 93.4 Å². The predicted molar refractivity (Wildman–Crippen MR) is 135 cm³/mol. The number of benzene rings is 2. The van der Waals surface area contributed by atoms with Gasteiger partial charge in [-0.1, -0.05) is 62.7 Å². The Bertz CT molecular complexity index is 1120. The van der Waals surface area contributed by atoms with Gasteiger partial charge in [0.15, 0.2) is 0 Å².